The molecule has 0 N–H and O–H groups in total. The number of methoxy groups -OCH3 is 1. The van der Waals surface area contributed by atoms with Crippen LogP contribution in [-0.4, -0.2) is 31.1 Å². The number of halogens is 1. The van der Waals surface area contributed by atoms with E-state index < -0.39 is 0 Å². The normalized spacial score (nSPS) is 10.5. The van der Waals surface area contributed by atoms with Gasteiger partial charge in [-0.25, -0.2) is 4.39 Å². The zero-order chi connectivity index (χ0) is 19.6. The van der Waals surface area contributed by atoms with Crippen molar-refractivity contribution in [2.45, 2.75) is 39.7 Å². The Morgan fingerprint density at radius 1 is 1.07 bits per heavy atom. The molecule has 0 fully saturated rings. The van der Waals surface area contributed by atoms with Crippen molar-refractivity contribution >= 4 is 5.91 Å². The van der Waals surface area contributed by atoms with Crippen LogP contribution in [0.2, 0.25) is 0 Å². The van der Waals surface area contributed by atoms with Crippen LogP contribution in [0.15, 0.2) is 42.5 Å². The smallest absolute Gasteiger partial charge is 0.227 e. The summed E-state index contributed by atoms with van der Waals surface area (Å²) in [6.07, 6.45) is 1.80. The summed E-state index contributed by atoms with van der Waals surface area (Å²) in [5.74, 6) is 0.912. The van der Waals surface area contributed by atoms with E-state index in [1.807, 2.05) is 32.0 Å². The van der Waals surface area contributed by atoms with E-state index >= 15 is 0 Å². The van der Waals surface area contributed by atoms with Crippen molar-refractivity contribution in [1.82, 2.24) is 4.90 Å². The maximum absolute atomic E-state index is 13.9. The molecule has 1 amide bonds. The summed E-state index contributed by atoms with van der Waals surface area (Å²) in [5.41, 5.74) is 1.37. The summed E-state index contributed by atoms with van der Waals surface area (Å²) in [5, 5.41) is 0. The fourth-order valence-corrected chi connectivity index (χ4v) is 2.84. The van der Waals surface area contributed by atoms with Crippen LogP contribution >= 0.6 is 0 Å². The minimum absolute atomic E-state index is 0.0570. The first kappa shape index (κ1) is 20.7. The number of carbonyl (C=O) groups excluding carboxylic acids is 1. The standard InChI is InChI=1S/C22H28FNO3/c1-4-12-24(22(25)15-18-8-6-7-9-19(18)23)16-17-10-11-20(27-13-5-2)21(14-17)26-3/h6-11,14H,4-5,12-13,15-16H2,1-3H3. The molecule has 0 aliphatic carbocycles. The van der Waals surface area contributed by atoms with Gasteiger partial charge in [0.1, 0.15) is 5.82 Å². The first-order valence-corrected chi connectivity index (χ1v) is 9.39. The van der Waals surface area contributed by atoms with Crippen molar-refractivity contribution in [1.29, 1.82) is 0 Å². The highest BCUT2D eigenvalue weighted by molar-refractivity contribution is 5.78. The predicted octanol–water partition coefficient (Wildman–Crippen LogP) is 4.60. The van der Waals surface area contributed by atoms with Crippen LogP contribution in [-0.2, 0) is 17.8 Å². The third-order valence-corrected chi connectivity index (χ3v) is 4.21. The topological polar surface area (TPSA) is 38.8 Å². The van der Waals surface area contributed by atoms with Crippen LogP contribution in [0, 0.1) is 5.82 Å². The molecule has 0 radical (unpaired) electrons. The Balaban J connectivity index is 2.12. The summed E-state index contributed by atoms with van der Waals surface area (Å²) in [6, 6.07) is 12.1. The van der Waals surface area contributed by atoms with Crippen LogP contribution < -0.4 is 9.47 Å². The van der Waals surface area contributed by atoms with Gasteiger partial charge in [-0.05, 0) is 42.2 Å². The number of hydrogen-bond donors (Lipinski definition) is 0. The fourth-order valence-electron chi connectivity index (χ4n) is 2.84. The monoisotopic (exact) mass is 373 g/mol. The van der Waals surface area contributed by atoms with Gasteiger partial charge in [0, 0.05) is 13.1 Å². The number of rotatable bonds is 10. The lowest BCUT2D eigenvalue weighted by Crippen LogP contribution is -2.32. The van der Waals surface area contributed by atoms with Gasteiger partial charge in [0.2, 0.25) is 5.91 Å². The van der Waals surface area contributed by atoms with Crippen molar-refractivity contribution in [3.63, 3.8) is 0 Å². The molecule has 0 bridgehead atoms. The molecule has 0 saturated carbocycles. The van der Waals surface area contributed by atoms with Gasteiger partial charge in [-0.1, -0.05) is 38.1 Å². The molecule has 2 aromatic rings. The van der Waals surface area contributed by atoms with Crippen LogP contribution in [0.3, 0.4) is 0 Å². The lowest BCUT2D eigenvalue weighted by Gasteiger charge is -2.23. The van der Waals surface area contributed by atoms with Crippen molar-refractivity contribution in [3.05, 3.63) is 59.4 Å². The minimum atomic E-state index is -0.346. The molecular weight excluding hydrogens is 345 g/mol. The maximum Gasteiger partial charge on any atom is 0.227 e. The first-order chi connectivity index (χ1) is 13.1. The minimum Gasteiger partial charge on any atom is -0.493 e. The second-order valence-electron chi connectivity index (χ2n) is 6.42. The average molecular weight is 373 g/mol. The molecule has 0 saturated heterocycles. The second kappa shape index (κ2) is 10.6. The Morgan fingerprint density at radius 3 is 2.52 bits per heavy atom. The Labute approximate surface area is 160 Å². The van der Waals surface area contributed by atoms with Gasteiger partial charge >= 0.3 is 0 Å². The largest absolute Gasteiger partial charge is 0.493 e. The number of benzene rings is 2. The van der Waals surface area contributed by atoms with Crippen LogP contribution in [0.4, 0.5) is 4.39 Å². The Kier molecular flexibility index (Phi) is 8.11. The van der Waals surface area contributed by atoms with Gasteiger partial charge in [0.25, 0.3) is 0 Å². The summed E-state index contributed by atoms with van der Waals surface area (Å²) >= 11 is 0. The molecule has 0 aromatic heterocycles. The van der Waals surface area contributed by atoms with E-state index in [9.17, 15) is 9.18 Å². The van der Waals surface area contributed by atoms with E-state index in [2.05, 4.69) is 0 Å². The molecule has 146 valence electrons. The maximum atomic E-state index is 13.9. The van der Waals surface area contributed by atoms with Crippen LogP contribution in [0.25, 0.3) is 0 Å². The van der Waals surface area contributed by atoms with E-state index in [0.717, 1.165) is 18.4 Å². The summed E-state index contributed by atoms with van der Waals surface area (Å²) in [7, 11) is 1.60. The third-order valence-electron chi connectivity index (χ3n) is 4.21. The van der Waals surface area contributed by atoms with Crippen LogP contribution in [0.5, 0.6) is 11.5 Å². The number of nitrogens with zero attached hydrogens (tertiary/aromatic N) is 1. The zero-order valence-electron chi connectivity index (χ0n) is 16.3. The summed E-state index contributed by atoms with van der Waals surface area (Å²) in [6.45, 7) is 5.75. The van der Waals surface area contributed by atoms with E-state index in [4.69, 9.17) is 9.47 Å². The quantitative estimate of drug-likeness (QED) is 0.611. The number of ether oxygens (including phenoxy) is 2. The Hall–Kier alpha value is -2.56. The fraction of sp³-hybridized carbons (Fsp3) is 0.409. The number of hydrogen-bond acceptors (Lipinski definition) is 3. The average Bonchev–Trinajstić information content (AvgIpc) is 2.68. The SMILES string of the molecule is CCCOc1ccc(CN(CCC)C(=O)Cc2ccccc2F)cc1OC. The summed E-state index contributed by atoms with van der Waals surface area (Å²) in [4.78, 5) is 14.5. The highest BCUT2D eigenvalue weighted by Crippen LogP contribution is 2.29. The van der Waals surface area contributed by atoms with Crippen molar-refractivity contribution < 1.29 is 18.7 Å². The van der Waals surface area contributed by atoms with Gasteiger partial charge in [-0.3, -0.25) is 4.79 Å². The van der Waals surface area contributed by atoms with Crippen molar-refractivity contribution in [2.75, 3.05) is 20.3 Å². The number of carbonyl (C=O) groups is 1. The number of amides is 1. The van der Waals surface area contributed by atoms with Gasteiger partial charge in [0.05, 0.1) is 20.1 Å². The molecule has 0 unspecified atom stereocenters. The van der Waals surface area contributed by atoms with Crippen molar-refractivity contribution in [2.24, 2.45) is 0 Å². The lowest BCUT2D eigenvalue weighted by molar-refractivity contribution is -0.131. The van der Waals surface area contributed by atoms with Gasteiger partial charge in [0.15, 0.2) is 11.5 Å². The molecule has 0 spiro atoms. The van der Waals surface area contributed by atoms with Crippen molar-refractivity contribution in [3.8, 4) is 11.5 Å². The Morgan fingerprint density at radius 2 is 1.85 bits per heavy atom. The molecule has 27 heavy (non-hydrogen) atoms. The van der Waals surface area contributed by atoms with Gasteiger partial charge in [-0.2, -0.15) is 0 Å². The zero-order valence-corrected chi connectivity index (χ0v) is 16.3. The molecule has 2 aromatic carbocycles. The van der Waals surface area contributed by atoms with E-state index in [1.165, 1.54) is 6.07 Å². The highest BCUT2D eigenvalue weighted by atomic mass is 19.1. The second-order valence-corrected chi connectivity index (χ2v) is 6.42. The van der Waals surface area contributed by atoms with Gasteiger partial charge < -0.3 is 14.4 Å². The molecular formula is C22H28FNO3. The highest BCUT2D eigenvalue weighted by Gasteiger charge is 2.17. The molecule has 0 atom stereocenters. The lowest BCUT2D eigenvalue weighted by atomic mass is 10.1. The van der Waals surface area contributed by atoms with E-state index in [0.29, 0.717) is 36.8 Å². The van der Waals surface area contributed by atoms with Gasteiger partial charge in [-0.15, -0.1) is 0 Å². The van der Waals surface area contributed by atoms with E-state index in [-0.39, 0.29) is 18.1 Å². The Bertz CT molecular complexity index is 748. The molecule has 0 aliphatic rings. The molecule has 2 rings (SSSR count). The predicted molar refractivity (Wildman–Crippen MR) is 105 cm³/mol. The first-order valence-electron chi connectivity index (χ1n) is 9.39. The van der Waals surface area contributed by atoms with Crippen LogP contribution in [0.1, 0.15) is 37.8 Å². The third kappa shape index (κ3) is 5.98. The van der Waals surface area contributed by atoms with E-state index in [1.54, 1.807) is 30.2 Å². The molecule has 5 heteroatoms. The molecule has 4 nitrogen and oxygen atoms in total. The molecule has 0 heterocycles. The summed E-state index contributed by atoms with van der Waals surface area (Å²) < 4.78 is 25.0. The molecule has 0 aliphatic heterocycles.